The number of nitrogens with one attached hydrogen (secondary N) is 1. The third-order valence-electron chi connectivity index (χ3n) is 1.98. The molecule has 5 N–H and O–H groups in total. The number of carbonyl (C=O) groups excluding carboxylic acids is 1. The van der Waals surface area contributed by atoms with Gasteiger partial charge in [-0.15, -0.1) is 0 Å². The fourth-order valence-corrected chi connectivity index (χ4v) is 1.94. The maximum absolute atomic E-state index is 11.2. The fourth-order valence-electron chi connectivity index (χ4n) is 0.835. The first-order valence-electron chi connectivity index (χ1n) is 4.69. The number of thioether (sulfide) groups is 1. The third-order valence-corrected chi connectivity index (χ3v) is 3.82. The van der Waals surface area contributed by atoms with Crippen LogP contribution in [0.2, 0.25) is 0 Å². The van der Waals surface area contributed by atoms with Gasteiger partial charge in [-0.05, 0) is 13.8 Å². The summed E-state index contributed by atoms with van der Waals surface area (Å²) < 4.78 is 0. The lowest BCUT2D eigenvalue weighted by molar-refractivity contribution is -0.124. The predicted octanol–water partition coefficient (Wildman–Crippen LogP) is 0.471. The van der Waals surface area contributed by atoms with Crippen molar-refractivity contribution < 1.29 is 4.79 Å². The molecule has 2 atom stereocenters. The van der Waals surface area contributed by atoms with Crippen molar-refractivity contribution in [1.82, 2.24) is 5.43 Å². The quantitative estimate of drug-likeness (QED) is 0.357. The van der Waals surface area contributed by atoms with Crippen LogP contribution in [0.25, 0.3) is 0 Å². The van der Waals surface area contributed by atoms with Crippen LogP contribution in [0.3, 0.4) is 0 Å². The minimum atomic E-state index is -0.197. The van der Waals surface area contributed by atoms with Gasteiger partial charge >= 0.3 is 0 Å². The van der Waals surface area contributed by atoms with Crippen molar-refractivity contribution in [1.29, 1.82) is 0 Å². The van der Waals surface area contributed by atoms with Crippen molar-refractivity contribution in [2.75, 3.05) is 5.75 Å². The summed E-state index contributed by atoms with van der Waals surface area (Å²) in [5.41, 5.74) is 7.81. The number of hydrogen-bond donors (Lipinski definition) is 3. The zero-order valence-corrected chi connectivity index (χ0v) is 10.1. The van der Waals surface area contributed by atoms with E-state index in [0.29, 0.717) is 0 Å². The zero-order valence-electron chi connectivity index (χ0n) is 9.33. The number of amides is 1. The molecule has 0 bridgehead atoms. The summed E-state index contributed by atoms with van der Waals surface area (Å²) in [6.45, 7) is 7.82. The van der Waals surface area contributed by atoms with Gasteiger partial charge in [0, 0.05) is 22.5 Å². The molecule has 4 nitrogen and oxygen atoms in total. The van der Waals surface area contributed by atoms with Gasteiger partial charge in [-0.2, -0.15) is 11.8 Å². The average Bonchev–Trinajstić information content (AvgIpc) is 2.10. The highest BCUT2D eigenvalue weighted by Gasteiger charge is 2.22. The van der Waals surface area contributed by atoms with Crippen LogP contribution >= 0.6 is 11.8 Å². The van der Waals surface area contributed by atoms with E-state index in [0.717, 1.165) is 5.75 Å². The predicted molar refractivity (Wildman–Crippen MR) is 61.7 cm³/mol. The normalized spacial score (nSPS) is 16.1. The van der Waals surface area contributed by atoms with Crippen LogP contribution in [0.5, 0.6) is 0 Å². The molecule has 0 saturated carbocycles. The number of rotatable bonds is 5. The Morgan fingerprint density at radius 3 is 2.36 bits per heavy atom. The van der Waals surface area contributed by atoms with Crippen LogP contribution in [0, 0.1) is 5.92 Å². The lowest BCUT2D eigenvalue weighted by Gasteiger charge is -2.23. The molecular formula is C9H21N3OS. The van der Waals surface area contributed by atoms with Gasteiger partial charge < -0.3 is 5.73 Å². The van der Waals surface area contributed by atoms with Crippen LogP contribution in [0.4, 0.5) is 0 Å². The summed E-state index contributed by atoms with van der Waals surface area (Å²) in [6.07, 6.45) is 0. The van der Waals surface area contributed by atoms with E-state index in [4.69, 9.17) is 11.6 Å². The van der Waals surface area contributed by atoms with Gasteiger partial charge in [-0.25, -0.2) is 5.84 Å². The second kappa shape index (κ2) is 5.58. The van der Waals surface area contributed by atoms with Gasteiger partial charge in [0.25, 0.3) is 0 Å². The zero-order chi connectivity index (χ0) is 11.4. The highest BCUT2D eigenvalue weighted by Crippen LogP contribution is 2.22. The lowest BCUT2D eigenvalue weighted by atomic mass is 10.1. The van der Waals surface area contributed by atoms with E-state index in [1.807, 2.05) is 27.7 Å². The molecule has 0 aliphatic carbocycles. The molecule has 0 aromatic heterocycles. The number of nitrogens with two attached hydrogens (primary N) is 2. The highest BCUT2D eigenvalue weighted by molar-refractivity contribution is 8.00. The Bertz CT molecular complexity index is 191. The molecule has 0 rings (SSSR count). The van der Waals surface area contributed by atoms with Crippen molar-refractivity contribution in [2.45, 2.75) is 38.5 Å². The van der Waals surface area contributed by atoms with Gasteiger partial charge in [0.2, 0.25) is 5.91 Å². The van der Waals surface area contributed by atoms with Crippen LogP contribution in [0.1, 0.15) is 27.7 Å². The Morgan fingerprint density at radius 1 is 1.50 bits per heavy atom. The van der Waals surface area contributed by atoms with E-state index in [1.165, 1.54) is 0 Å². The molecule has 0 heterocycles. The monoisotopic (exact) mass is 219 g/mol. The molecular weight excluding hydrogens is 198 g/mol. The van der Waals surface area contributed by atoms with E-state index in [2.05, 4.69) is 5.43 Å². The largest absolute Gasteiger partial charge is 0.325 e. The third kappa shape index (κ3) is 5.47. The molecule has 0 saturated heterocycles. The Morgan fingerprint density at radius 2 is 2.00 bits per heavy atom. The lowest BCUT2D eigenvalue weighted by Crippen LogP contribution is -2.40. The van der Waals surface area contributed by atoms with Crippen molar-refractivity contribution in [3.05, 3.63) is 0 Å². The summed E-state index contributed by atoms with van der Waals surface area (Å²) in [5.74, 6) is 5.67. The van der Waals surface area contributed by atoms with Crippen molar-refractivity contribution in [2.24, 2.45) is 17.5 Å². The second-order valence-corrected chi connectivity index (χ2v) is 5.67. The molecule has 0 fully saturated rings. The Balaban J connectivity index is 3.96. The summed E-state index contributed by atoms with van der Waals surface area (Å²) in [6, 6.07) is 0. The van der Waals surface area contributed by atoms with Gasteiger partial charge in [0.15, 0.2) is 0 Å². The topological polar surface area (TPSA) is 81.1 Å². The van der Waals surface area contributed by atoms with Gasteiger partial charge in [-0.3, -0.25) is 10.2 Å². The van der Waals surface area contributed by atoms with Crippen molar-refractivity contribution >= 4 is 17.7 Å². The smallest absolute Gasteiger partial charge is 0.237 e. The Hall–Kier alpha value is -0.260. The van der Waals surface area contributed by atoms with Crippen LogP contribution < -0.4 is 17.0 Å². The molecule has 1 amide bonds. The summed E-state index contributed by atoms with van der Waals surface area (Å²) in [7, 11) is 0. The number of hydrazine groups is 1. The molecule has 84 valence electrons. The maximum Gasteiger partial charge on any atom is 0.237 e. The number of carbonyl (C=O) groups is 1. The van der Waals surface area contributed by atoms with Gasteiger partial charge in [0.1, 0.15) is 0 Å². The fraction of sp³-hybridized carbons (Fsp3) is 0.889. The van der Waals surface area contributed by atoms with Gasteiger partial charge in [0.05, 0.1) is 0 Å². The first kappa shape index (κ1) is 13.7. The second-order valence-electron chi connectivity index (χ2n) is 4.30. The van der Waals surface area contributed by atoms with Crippen LogP contribution in [-0.4, -0.2) is 22.4 Å². The number of hydrogen-bond acceptors (Lipinski definition) is 4. The van der Waals surface area contributed by atoms with E-state index >= 15 is 0 Å². The van der Waals surface area contributed by atoms with E-state index in [-0.39, 0.29) is 22.6 Å². The molecule has 14 heavy (non-hydrogen) atoms. The highest BCUT2D eigenvalue weighted by atomic mass is 32.2. The first-order chi connectivity index (χ1) is 6.28. The summed E-state index contributed by atoms with van der Waals surface area (Å²) in [5, 5.41) is 0.223. The minimum absolute atomic E-state index is 0.0904. The Labute approximate surface area is 90.1 Å². The van der Waals surface area contributed by atoms with Crippen molar-refractivity contribution in [3.8, 4) is 0 Å². The molecule has 0 spiro atoms. The molecule has 2 unspecified atom stereocenters. The van der Waals surface area contributed by atoms with Crippen LogP contribution in [0.15, 0.2) is 0 Å². The summed E-state index contributed by atoms with van der Waals surface area (Å²) >= 11 is 1.69. The van der Waals surface area contributed by atoms with Gasteiger partial charge in [-0.1, -0.05) is 13.8 Å². The molecule has 0 aromatic rings. The first-order valence-corrected chi connectivity index (χ1v) is 5.73. The van der Waals surface area contributed by atoms with E-state index < -0.39 is 0 Å². The molecule has 0 aliphatic rings. The van der Waals surface area contributed by atoms with Crippen molar-refractivity contribution in [3.63, 3.8) is 0 Å². The molecule has 0 aliphatic heterocycles. The SMILES string of the molecule is CC(SCC(C)(C)N)C(C)C(=O)NN. The Kier molecular flexibility index (Phi) is 5.48. The van der Waals surface area contributed by atoms with E-state index in [1.54, 1.807) is 11.8 Å². The van der Waals surface area contributed by atoms with Crippen LogP contribution in [-0.2, 0) is 4.79 Å². The minimum Gasteiger partial charge on any atom is -0.325 e. The molecule has 0 radical (unpaired) electrons. The van der Waals surface area contributed by atoms with E-state index in [9.17, 15) is 4.79 Å². The molecule has 5 heteroatoms. The molecule has 0 aromatic carbocycles. The standard InChI is InChI=1S/C9H21N3OS/c1-6(8(13)12-11)7(2)14-5-9(3,4)10/h6-7H,5,10-11H2,1-4H3,(H,12,13). The maximum atomic E-state index is 11.2. The average molecular weight is 219 g/mol. The summed E-state index contributed by atoms with van der Waals surface area (Å²) in [4.78, 5) is 11.2.